The molecule has 0 N–H and O–H groups in total. The molecule has 1 heterocycles. The summed E-state index contributed by atoms with van der Waals surface area (Å²) in [5.41, 5.74) is 4.11. The highest BCUT2D eigenvalue weighted by molar-refractivity contribution is 6.00. The van der Waals surface area contributed by atoms with E-state index < -0.39 is 0 Å². The average Bonchev–Trinajstić information content (AvgIpc) is 3.23. The second-order valence-electron chi connectivity index (χ2n) is 6.65. The average molecular weight is 299 g/mol. The molecule has 0 radical (unpaired) electrons. The van der Waals surface area contributed by atoms with Crippen molar-refractivity contribution < 1.29 is 9.21 Å². The van der Waals surface area contributed by atoms with Crippen molar-refractivity contribution in [3.63, 3.8) is 0 Å². The molecule has 0 unspecified atom stereocenters. The Balaban J connectivity index is 2.00. The van der Waals surface area contributed by atoms with Crippen molar-refractivity contribution in [3.05, 3.63) is 34.6 Å². The molecule has 3 rings (SSSR count). The lowest BCUT2D eigenvalue weighted by atomic mass is 10.0. The first-order chi connectivity index (χ1) is 10.5. The Morgan fingerprint density at radius 1 is 1.23 bits per heavy atom. The van der Waals surface area contributed by atoms with Crippen molar-refractivity contribution in [1.29, 1.82) is 0 Å². The fourth-order valence-electron chi connectivity index (χ4n) is 3.18. The molecule has 22 heavy (non-hydrogen) atoms. The fraction of sp³-hybridized carbons (Fsp3) is 0.526. The second kappa shape index (κ2) is 5.79. The zero-order chi connectivity index (χ0) is 15.9. The molecule has 118 valence electrons. The maximum atomic E-state index is 12.9. The molecule has 0 atom stereocenters. The normalized spacial score (nSPS) is 14.5. The number of hydrogen-bond acceptors (Lipinski definition) is 2. The zero-order valence-electron chi connectivity index (χ0n) is 14.0. The number of carbonyl (C=O) groups excluding carboxylic acids is 1. The van der Waals surface area contributed by atoms with E-state index in [0.717, 1.165) is 41.6 Å². The van der Waals surface area contributed by atoms with Crippen LogP contribution in [0.4, 0.5) is 0 Å². The molecule has 1 aromatic heterocycles. The smallest absolute Gasteiger partial charge is 0.289 e. The van der Waals surface area contributed by atoms with Crippen molar-refractivity contribution in [1.82, 2.24) is 4.90 Å². The molecule has 0 bridgehead atoms. The van der Waals surface area contributed by atoms with Crippen LogP contribution in [0.15, 0.2) is 16.5 Å². The van der Waals surface area contributed by atoms with E-state index in [1.165, 1.54) is 18.4 Å². The molecular weight excluding hydrogens is 274 g/mol. The highest BCUT2D eigenvalue weighted by Gasteiger charge is 2.29. The Kier molecular flexibility index (Phi) is 3.98. The van der Waals surface area contributed by atoms with Gasteiger partial charge in [0.2, 0.25) is 0 Å². The third-order valence-corrected chi connectivity index (χ3v) is 4.63. The van der Waals surface area contributed by atoms with Gasteiger partial charge in [0.25, 0.3) is 5.91 Å². The van der Waals surface area contributed by atoms with Crippen molar-refractivity contribution >= 4 is 16.9 Å². The van der Waals surface area contributed by atoms with Crippen LogP contribution < -0.4 is 0 Å². The Labute approximate surface area is 132 Å². The van der Waals surface area contributed by atoms with Crippen molar-refractivity contribution in [2.24, 2.45) is 5.92 Å². The molecule has 1 aliphatic rings. The molecule has 0 spiro atoms. The third kappa shape index (κ3) is 2.65. The highest BCUT2D eigenvalue weighted by atomic mass is 16.3. The molecule has 3 heteroatoms. The van der Waals surface area contributed by atoms with Gasteiger partial charge in [-0.05, 0) is 57.1 Å². The number of fused-ring (bicyclic) bond motifs is 1. The summed E-state index contributed by atoms with van der Waals surface area (Å²) in [6, 6.07) is 4.16. The van der Waals surface area contributed by atoms with Gasteiger partial charge in [-0.15, -0.1) is 0 Å². The summed E-state index contributed by atoms with van der Waals surface area (Å²) < 4.78 is 6.01. The Morgan fingerprint density at radius 3 is 2.50 bits per heavy atom. The standard InChI is InChI=1S/C19H25NO2/c1-5-10-20(11-15-8-9-15)19(21)18-14(4)16-12(2)6-7-13(3)17(16)22-18/h6-7,15H,5,8-11H2,1-4H3. The van der Waals surface area contributed by atoms with Crippen LogP contribution in [0.1, 0.15) is 53.4 Å². The van der Waals surface area contributed by atoms with E-state index in [2.05, 4.69) is 26.0 Å². The number of benzene rings is 1. The molecule has 1 saturated carbocycles. The van der Waals surface area contributed by atoms with Gasteiger partial charge in [-0.3, -0.25) is 4.79 Å². The van der Waals surface area contributed by atoms with E-state index in [0.29, 0.717) is 11.7 Å². The van der Waals surface area contributed by atoms with Crippen LogP contribution in [0.5, 0.6) is 0 Å². The summed E-state index contributed by atoms with van der Waals surface area (Å²) in [5, 5.41) is 1.10. The quantitative estimate of drug-likeness (QED) is 0.807. The van der Waals surface area contributed by atoms with Crippen molar-refractivity contribution in [3.8, 4) is 0 Å². The zero-order valence-corrected chi connectivity index (χ0v) is 14.0. The minimum atomic E-state index is 0.0567. The van der Waals surface area contributed by atoms with Gasteiger partial charge in [-0.1, -0.05) is 19.1 Å². The number of nitrogens with zero attached hydrogens (tertiary/aromatic N) is 1. The maximum Gasteiger partial charge on any atom is 0.289 e. The van der Waals surface area contributed by atoms with Gasteiger partial charge in [0.1, 0.15) is 5.58 Å². The fourth-order valence-corrected chi connectivity index (χ4v) is 3.18. The summed E-state index contributed by atoms with van der Waals surface area (Å²) in [5.74, 6) is 1.28. The first-order valence-corrected chi connectivity index (χ1v) is 8.31. The topological polar surface area (TPSA) is 33.5 Å². The highest BCUT2D eigenvalue weighted by Crippen LogP contribution is 2.33. The lowest BCUT2D eigenvalue weighted by molar-refractivity contribution is 0.0717. The van der Waals surface area contributed by atoms with E-state index in [9.17, 15) is 4.79 Å². The van der Waals surface area contributed by atoms with E-state index in [-0.39, 0.29) is 5.91 Å². The molecule has 0 aliphatic heterocycles. The minimum absolute atomic E-state index is 0.0567. The Morgan fingerprint density at radius 2 is 1.91 bits per heavy atom. The summed E-state index contributed by atoms with van der Waals surface area (Å²) in [6.45, 7) is 9.92. The molecular formula is C19H25NO2. The van der Waals surface area contributed by atoms with Gasteiger partial charge < -0.3 is 9.32 Å². The SMILES string of the molecule is CCCN(CC1CC1)C(=O)c1oc2c(C)ccc(C)c2c1C. The van der Waals surface area contributed by atoms with Gasteiger partial charge in [-0.2, -0.15) is 0 Å². The van der Waals surface area contributed by atoms with Crippen LogP contribution in [0.25, 0.3) is 11.0 Å². The van der Waals surface area contributed by atoms with Crippen molar-refractivity contribution in [2.45, 2.75) is 47.0 Å². The summed E-state index contributed by atoms with van der Waals surface area (Å²) >= 11 is 0. The molecule has 1 amide bonds. The van der Waals surface area contributed by atoms with Crippen LogP contribution in [-0.2, 0) is 0 Å². The van der Waals surface area contributed by atoms with Crippen molar-refractivity contribution in [2.75, 3.05) is 13.1 Å². The number of amides is 1. The first kappa shape index (κ1) is 15.1. The van der Waals surface area contributed by atoms with Gasteiger partial charge in [0.15, 0.2) is 5.76 Å². The third-order valence-electron chi connectivity index (χ3n) is 4.63. The second-order valence-corrected chi connectivity index (χ2v) is 6.65. The predicted octanol–water partition coefficient (Wildman–Crippen LogP) is 4.62. The van der Waals surface area contributed by atoms with Gasteiger partial charge in [-0.25, -0.2) is 0 Å². The number of rotatable bonds is 5. The van der Waals surface area contributed by atoms with Gasteiger partial charge >= 0.3 is 0 Å². The van der Waals surface area contributed by atoms with E-state index in [1.807, 2.05) is 18.7 Å². The van der Waals surface area contributed by atoms with Crippen LogP contribution in [0.3, 0.4) is 0 Å². The van der Waals surface area contributed by atoms with E-state index in [1.54, 1.807) is 0 Å². The number of aryl methyl sites for hydroxylation is 3. The minimum Gasteiger partial charge on any atom is -0.450 e. The van der Waals surface area contributed by atoms with E-state index in [4.69, 9.17) is 4.42 Å². The number of furan rings is 1. The lowest BCUT2D eigenvalue weighted by Crippen LogP contribution is -2.33. The number of hydrogen-bond donors (Lipinski definition) is 0. The molecule has 2 aromatic rings. The van der Waals surface area contributed by atoms with E-state index >= 15 is 0 Å². The summed E-state index contributed by atoms with van der Waals surface area (Å²) in [6.07, 6.45) is 3.49. The van der Waals surface area contributed by atoms with Crippen LogP contribution in [0.2, 0.25) is 0 Å². The summed E-state index contributed by atoms with van der Waals surface area (Å²) in [4.78, 5) is 14.9. The van der Waals surface area contributed by atoms with Gasteiger partial charge in [0.05, 0.1) is 0 Å². The molecule has 1 aliphatic carbocycles. The van der Waals surface area contributed by atoms with Crippen LogP contribution in [-0.4, -0.2) is 23.9 Å². The molecule has 0 saturated heterocycles. The van der Waals surface area contributed by atoms with Crippen LogP contribution in [0, 0.1) is 26.7 Å². The van der Waals surface area contributed by atoms with Gasteiger partial charge in [0, 0.05) is 24.0 Å². The monoisotopic (exact) mass is 299 g/mol. The predicted molar refractivity (Wildman–Crippen MR) is 89.3 cm³/mol. The Hall–Kier alpha value is -1.77. The van der Waals surface area contributed by atoms with Crippen LogP contribution >= 0.6 is 0 Å². The summed E-state index contributed by atoms with van der Waals surface area (Å²) in [7, 11) is 0. The number of carbonyl (C=O) groups is 1. The molecule has 3 nitrogen and oxygen atoms in total. The molecule has 1 fully saturated rings. The largest absolute Gasteiger partial charge is 0.450 e. The maximum absolute atomic E-state index is 12.9. The molecule has 1 aromatic carbocycles. The lowest BCUT2D eigenvalue weighted by Gasteiger charge is -2.21. The Bertz CT molecular complexity index is 710. The first-order valence-electron chi connectivity index (χ1n) is 8.31.